The van der Waals surface area contributed by atoms with Gasteiger partial charge in [-0.15, -0.1) is 0 Å². The van der Waals surface area contributed by atoms with Crippen molar-refractivity contribution in [2.45, 2.75) is 80.1 Å². The molecule has 1 unspecified atom stereocenters. The summed E-state index contributed by atoms with van der Waals surface area (Å²) in [7, 11) is 0. The van der Waals surface area contributed by atoms with E-state index in [0.717, 1.165) is 46.2 Å². The number of rotatable bonds is 8. The molecule has 278 valence electrons. The molecule has 0 radical (unpaired) electrons. The van der Waals surface area contributed by atoms with Gasteiger partial charge in [-0.2, -0.15) is 0 Å². The monoisotopic (exact) mass is 716 g/mol. The first-order valence-electron chi connectivity index (χ1n) is 18.2. The van der Waals surface area contributed by atoms with Gasteiger partial charge in [0.05, 0.1) is 11.3 Å². The van der Waals surface area contributed by atoms with Crippen LogP contribution in [0.1, 0.15) is 80.2 Å². The fraction of sp³-hybridized carbons (Fsp3) is 0.304. The third-order valence-corrected chi connectivity index (χ3v) is 9.95. The topological polar surface area (TPSA) is 113 Å². The van der Waals surface area contributed by atoms with Gasteiger partial charge in [0.15, 0.2) is 0 Å². The van der Waals surface area contributed by atoms with Gasteiger partial charge in [0, 0.05) is 0 Å². The van der Waals surface area contributed by atoms with Crippen LogP contribution in [0.15, 0.2) is 109 Å². The number of carbonyl (C=O) groups is 2. The smallest absolute Gasteiger partial charge is 0.316 e. The van der Waals surface area contributed by atoms with Crippen molar-refractivity contribution < 1.29 is 34.4 Å². The zero-order chi connectivity index (χ0) is 38.9. The van der Waals surface area contributed by atoms with Gasteiger partial charge in [-0.3, -0.25) is 9.59 Å². The van der Waals surface area contributed by atoms with E-state index in [9.17, 15) is 24.9 Å². The van der Waals surface area contributed by atoms with Crippen LogP contribution >= 0.6 is 0 Å². The molecule has 7 heteroatoms. The fourth-order valence-corrected chi connectivity index (χ4v) is 5.36. The van der Waals surface area contributed by atoms with Gasteiger partial charge in [-0.1, -0.05) is 90.1 Å². The van der Waals surface area contributed by atoms with Crippen LogP contribution < -0.4 is 9.47 Å². The van der Waals surface area contributed by atoms with Crippen LogP contribution in [0, 0.1) is 11.3 Å². The molecule has 0 aliphatic rings. The van der Waals surface area contributed by atoms with Gasteiger partial charge >= 0.3 is 11.9 Å². The molecule has 0 saturated heterocycles. The van der Waals surface area contributed by atoms with Crippen molar-refractivity contribution >= 4 is 44.3 Å². The molecule has 6 rings (SSSR count). The maximum Gasteiger partial charge on any atom is 0.316 e. The minimum atomic E-state index is -0.482. The summed E-state index contributed by atoms with van der Waals surface area (Å²) >= 11 is 0. The number of phenols is 3. The van der Waals surface area contributed by atoms with E-state index in [1.165, 1.54) is 10.9 Å². The molecule has 1 atom stereocenters. The van der Waals surface area contributed by atoms with Gasteiger partial charge in [0.2, 0.25) is 0 Å². The molecule has 0 saturated carbocycles. The van der Waals surface area contributed by atoms with Gasteiger partial charge in [0.25, 0.3) is 0 Å². The van der Waals surface area contributed by atoms with Crippen molar-refractivity contribution in [2.75, 3.05) is 0 Å². The summed E-state index contributed by atoms with van der Waals surface area (Å²) < 4.78 is 10.7. The molecule has 0 aromatic heterocycles. The normalized spacial score (nSPS) is 11.9. The number of ether oxygens (including phenoxy) is 2. The van der Waals surface area contributed by atoms with Crippen LogP contribution in [0.3, 0.4) is 0 Å². The highest BCUT2D eigenvalue weighted by Crippen LogP contribution is 2.34. The summed E-state index contributed by atoms with van der Waals surface area (Å²) in [5.74, 6) is 1.33. The summed E-state index contributed by atoms with van der Waals surface area (Å²) in [5.41, 5.74) is 0.973. The van der Waals surface area contributed by atoms with E-state index in [1.807, 2.05) is 58.9 Å². The SMILES string of the molecule is CCC(C)(C)C(=O)Oc1ccc2cc(O)ccc2c1.CCC(C)(C)c1cccc2ccc(O)cc12.CCC(C)C(=O)Oc1ccc2cc(O)ccc2c1. The second-order valence-corrected chi connectivity index (χ2v) is 14.7. The molecular formula is C46H52O7. The average molecular weight is 717 g/mol. The average Bonchev–Trinajstić information content (AvgIpc) is 3.14. The molecule has 3 N–H and O–H groups in total. The van der Waals surface area contributed by atoms with Crippen LogP contribution in [0.25, 0.3) is 32.3 Å². The Morgan fingerprint density at radius 1 is 0.585 bits per heavy atom. The van der Waals surface area contributed by atoms with Gasteiger partial charge in [-0.25, -0.2) is 0 Å². The van der Waals surface area contributed by atoms with E-state index in [4.69, 9.17) is 9.47 Å². The lowest BCUT2D eigenvalue weighted by Crippen LogP contribution is -2.28. The number of hydrogen-bond donors (Lipinski definition) is 3. The highest BCUT2D eigenvalue weighted by molar-refractivity contribution is 5.89. The number of phenolic OH excluding ortho intramolecular Hbond substituents is 3. The number of benzene rings is 6. The van der Waals surface area contributed by atoms with Crippen molar-refractivity contribution in [3.05, 3.63) is 115 Å². The number of aromatic hydroxyl groups is 3. The second kappa shape index (κ2) is 17.3. The van der Waals surface area contributed by atoms with Crippen molar-refractivity contribution in [2.24, 2.45) is 11.3 Å². The van der Waals surface area contributed by atoms with Crippen molar-refractivity contribution in [3.63, 3.8) is 0 Å². The molecule has 0 heterocycles. The summed E-state index contributed by atoms with van der Waals surface area (Å²) in [6.45, 7) is 16.2. The van der Waals surface area contributed by atoms with Crippen LogP contribution in [0.2, 0.25) is 0 Å². The van der Waals surface area contributed by atoms with Crippen LogP contribution in [0.4, 0.5) is 0 Å². The number of fused-ring (bicyclic) bond motifs is 3. The quantitative estimate of drug-likeness (QED) is 0.106. The van der Waals surface area contributed by atoms with Gasteiger partial charge < -0.3 is 24.8 Å². The molecule has 6 aromatic carbocycles. The van der Waals surface area contributed by atoms with Gasteiger partial charge in [-0.05, 0) is 137 Å². The maximum absolute atomic E-state index is 12.0. The number of esters is 2. The molecule has 0 bridgehead atoms. The van der Waals surface area contributed by atoms with E-state index in [2.05, 4.69) is 39.0 Å². The Balaban J connectivity index is 0.000000178. The molecule has 7 nitrogen and oxygen atoms in total. The minimum absolute atomic E-state index is 0.0967. The van der Waals surface area contributed by atoms with E-state index in [-0.39, 0.29) is 34.8 Å². The highest BCUT2D eigenvalue weighted by Gasteiger charge is 2.27. The van der Waals surface area contributed by atoms with Crippen LogP contribution in [0.5, 0.6) is 28.7 Å². The van der Waals surface area contributed by atoms with E-state index in [0.29, 0.717) is 17.2 Å². The maximum atomic E-state index is 12.0. The van der Waals surface area contributed by atoms with Crippen LogP contribution in [-0.4, -0.2) is 27.3 Å². The van der Waals surface area contributed by atoms with E-state index < -0.39 is 5.41 Å². The summed E-state index contributed by atoms with van der Waals surface area (Å²) in [4.78, 5) is 23.7. The molecule has 0 aliphatic carbocycles. The van der Waals surface area contributed by atoms with Gasteiger partial charge in [0.1, 0.15) is 28.7 Å². The molecule has 6 aromatic rings. The van der Waals surface area contributed by atoms with Crippen molar-refractivity contribution in [1.82, 2.24) is 0 Å². The van der Waals surface area contributed by atoms with E-state index in [1.54, 1.807) is 66.7 Å². The Kier molecular flexibility index (Phi) is 13.1. The second-order valence-electron chi connectivity index (χ2n) is 14.7. The first-order valence-corrected chi connectivity index (χ1v) is 18.2. The molecule has 0 spiro atoms. The summed E-state index contributed by atoms with van der Waals surface area (Å²) in [6, 6.07) is 32.8. The predicted octanol–water partition coefficient (Wildman–Crippen LogP) is 11.6. The Bertz CT molecular complexity index is 2200. The lowest BCUT2D eigenvalue weighted by molar-refractivity contribution is -0.144. The summed E-state index contributed by atoms with van der Waals surface area (Å²) in [5, 5.41) is 34.4. The molecule has 53 heavy (non-hydrogen) atoms. The fourth-order valence-electron chi connectivity index (χ4n) is 5.36. The Morgan fingerprint density at radius 2 is 1.06 bits per heavy atom. The van der Waals surface area contributed by atoms with Crippen molar-refractivity contribution in [1.29, 1.82) is 0 Å². The lowest BCUT2D eigenvalue weighted by Gasteiger charge is -2.25. The third kappa shape index (κ3) is 10.5. The highest BCUT2D eigenvalue weighted by atomic mass is 16.5. The predicted molar refractivity (Wildman–Crippen MR) is 215 cm³/mol. The number of carbonyl (C=O) groups excluding carboxylic acids is 2. The van der Waals surface area contributed by atoms with Crippen molar-refractivity contribution in [3.8, 4) is 28.7 Å². The standard InChI is InChI=1S/C16H18O3.C15H16O3.C15H18O/c1-4-16(2,3)15(18)19-14-8-6-11-9-13(17)7-5-12(11)10-14;1-3-10(2)15(17)18-14-7-5-11-8-13(16)6-4-12(11)9-14;1-4-15(2,3)14-7-5-6-11-8-9-12(16)10-13(11)14/h5-10,17H,4H2,1-3H3;4-10,16H,3H2,1-2H3;5-10,16H,4H2,1-3H3. The molecule has 0 aliphatic heterocycles. The summed E-state index contributed by atoms with van der Waals surface area (Å²) in [6.07, 6.45) is 2.58. The first-order chi connectivity index (χ1) is 25.1. The Labute approximate surface area is 312 Å². The third-order valence-electron chi connectivity index (χ3n) is 9.95. The lowest BCUT2D eigenvalue weighted by atomic mass is 9.80. The molecular weight excluding hydrogens is 664 g/mol. The minimum Gasteiger partial charge on any atom is -0.508 e. The zero-order valence-electron chi connectivity index (χ0n) is 32.1. The van der Waals surface area contributed by atoms with Crippen LogP contribution in [-0.2, 0) is 15.0 Å². The Hall–Kier alpha value is -5.56. The number of hydrogen-bond acceptors (Lipinski definition) is 7. The first kappa shape index (κ1) is 40.2. The molecule has 0 fully saturated rings. The zero-order valence-corrected chi connectivity index (χ0v) is 32.1. The molecule has 0 amide bonds. The van der Waals surface area contributed by atoms with E-state index >= 15 is 0 Å². The Morgan fingerprint density at radius 3 is 1.57 bits per heavy atom. The largest absolute Gasteiger partial charge is 0.508 e.